The number of aliphatic hydroxyl groups excluding tert-OH is 5. The van der Waals surface area contributed by atoms with E-state index in [-0.39, 0.29) is 12.5 Å². The highest BCUT2D eigenvalue weighted by Gasteiger charge is 2.44. The van der Waals surface area contributed by atoms with Gasteiger partial charge in [-0.25, -0.2) is 0 Å². The second kappa shape index (κ2) is 28.4. The van der Waals surface area contributed by atoms with Crippen LogP contribution in [-0.4, -0.2) is 87.5 Å². The van der Waals surface area contributed by atoms with Crippen molar-refractivity contribution in [3.05, 3.63) is 36.5 Å². The van der Waals surface area contributed by atoms with Gasteiger partial charge < -0.3 is 40.3 Å². The van der Waals surface area contributed by atoms with Crippen LogP contribution in [0.3, 0.4) is 0 Å². The standard InChI is InChI=1S/C37H67NO8/c1-3-5-7-9-11-13-15-16-17-19-21-23-25-27-33(41)38-30(29-45-37-36(44)35(43)34(42)32(28-39)46-37)31(40)26-24-22-20-18-14-12-10-8-6-4-2/h14,16-18,24,26,30-32,34-37,39-40,42-44H,3-13,15,19-23,25,27-29H2,1-2H3,(H,38,41)/b17-16-,18-14+,26-24+. The highest BCUT2D eigenvalue weighted by Crippen LogP contribution is 2.22. The molecular weight excluding hydrogens is 586 g/mol. The summed E-state index contributed by atoms with van der Waals surface area (Å²) in [6, 6.07) is -0.824. The van der Waals surface area contributed by atoms with Gasteiger partial charge in [0.25, 0.3) is 0 Å². The quantitative estimate of drug-likeness (QED) is 0.0461. The molecule has 1 heterocycles. The van der Waals surface area contributed by atoms with Crippen LogP contribution in [0, 0.1) is 0 Å². The zero-order valence-electron chi connectivity index (χ0n) is 28.8. The molecule has 0 bridgehead atoms. The molecule has 0 spiro atoms. The molecule has 1 rings (SSSR count). The molecule has 0 aromatic carbocycles. The Morgan fingerprint density at radius 1 is 0.717 bits per heavy atom. The highest BCUT2D eigenvalue weighted by atomic mass is 16.7. The maximum Gasteiger partial charge on any atom is 0.220 e. The minimum Gasteiger partial charge on any atom is -0.394 e. The third kappa shape index (κ3) is 19.9. The summed E-state index contributed by atoms with van der Waals surface area (Å²) in [6.45, 7) is 3.66. The molecule has 0 aromatic rings. The third-order valence-electron chi connectivity index (χ3n) is 8.44. The summed E-state index contributed by atoms with van der Waals surface area (Å²) in [5, 5.41) is 53.7. The molecule has 268 valence electrons. The van der Waals surface area contributed by atoms with Gasteiger partial charge in [-0.1, -0.05) is 108 Å². The number of ether oxygens (including phenoxy) is 2. The van der Waals surface area contributed by atoms with Crippen molar-refractivity contribution >= 4 is 5.91 Å². The Kier molecular flexibility index (Phi) is 26.2. The molecule has 0 radical (unpaired) electrons. The number of nitrogens with one attached hydrogen (secondary N) is 1. The molecule has 46 heavy (non-hydrogen) atoms. The number of carbonyl (C=O) groups excluding carboxylic acids is 1. The molecule has 0 saturated carbocycles. The lowest BCUT2D eigenvalue weighted by Crippen LogP contribution is -2.60. The smallest absolute Gasteiger partial charge is 0.220 e. The fourth-order valence-corrected chi connectivity index (χ4v) is 5.40. The van der Waals surface area contributed by atoms with Gasteiger partial charge in [0, 0.05) is 6.42 Å². The van der Waals surface area contributed by atoms with E-state index in [1.165, 1.54) is 64.2 Å². The van der Waals surface area contributed by atoms with Crippen molar-refractivity contribution in [2.24, 2.45) is 0 Å². The van der Waals surface area contributed by atoms with Crippen LogP contribution < -0.4 is 5.32 Å². The van der Waals surface area contributed by atoms with Gasteiger partial charge in [-0.05, 0) is 57.8 Å². The van der Waals surface area contributed by atoms with Crippen LogP contribution in [0.25, 0.3) is 0 Å². The SMILES string of the molecule is CCCCCC/C=C/CC/C=C/C(O)C(COC1OC(CO)C(O)C(O)C1O)NC(=O)CCCCC/C=C\CCCCCCCC. The number of allylic oxidation sites excluding steroid dienone is 5. The summed E-state index contributed by atoms with van der Waals surface area (Å²) < 4.78 is 11.1. The Hall–Kier alpha value is -1.59. The van der Waals surface area contributed by atoms with Crippen molar-refractivity contribution in [3.63, 3.8) is 0 Å². The summed E-state index contributed by atoms with van der Waals surface area (Å²) in [7, 11) is 0. The average Bonchev–Trinajstić information content (AvgIpc) is 3.05. The van der Waals surface area contributed by atoms with Gasteiger partial charge in [-0.3, -0.25) is 4.79 Å². The lowest BCUT2D eigenvalue weighted by atomic mass is 9.99. The number of hydrogen-bond donors (Lipinski definition) is 6. The van der Waals surface area contributed by atoms with E-state index in [0.29, 0.717) is 6.42 Å². The maximum absolute atomic E-state index is 12.8. The first-order chi connectivity index (χ1) is 22.3. The molecule has 0 aromatic heterocycles. The predicted molar refractivity (Wildman–Crippen MR) is 184 cm³/mol. The number of hydrogen-bond acceptors (Lipinski definition) is 8. The minimum absolute atomic E-state index is 0.207. The molecule has 6 N–H and O–H groups in total. The van der Waals surface area contributed by atoms with Crippen LogP contribution in [0.5, 0.6) is 0 Å². The first-order valence-corrected chi connectivity index (χ1v) is 18.2. The largest absolute Gasteiger partial charge is 0.394 e. The Bertz CT molecular complexity index is 817. The number of unbranched alkanes of at least 4 members (excludes halogenated alkanes) is 14. The fraction of sp³-hybridized carbons (Fsp3) is 0.811. The molecule has 9 nitrogen and oxygen atoms in total. The Balaban J connectivity index is 2.52. The van der Waals surface area contributed by atoms with Gasteiger partial charge in [0.15, 0.2) is 6.29 Å². The molecule has 9 heteroatoms. The molecular formula is C37H67NO8. The molecule has 1 amide bonds. The van der Waals surface area contributed by atoms with E-state index in [2.05, 4.69) is 43.5 Å². The van der Waals surface area contributed by atoms with Gasteiger partial charge in [-0.15, -0.1) is 0 Å². The van der Waals surface area contributed by atoms with Crippen LogP contribution >= 0.6 is 0 Å². The molecule has 1 saturated heterocycles. The van der Waals surface area contributed by atoms with Gasteiger partial charge >= 0.3 is 0 Å². The van der Waals surface area contributed by atoms with Crippen LogP contribution in [0.15, 0.2) is 36.5 Å². The lowest BCUT2D eigenvalue weighted by molar-refractivity contribution is -0.302. The molecule has 0 aliphatic carbocycles. The average molecular weight is 654 g/mol. The summed E-state index contributed by atoms with van der Waals surface area (Å²) in [5.41, 5.74) is 0. The number of rotatable bonds is 28. The Labute approximate surface area is 279 Å². The van der Waals surface area contributed by atoms with Crippen molar-refractivity contribution in [2.45, 2.75) is 179 Å². The van der Waals surface area contributed by atoms with Crippen molar-refractivity contribution in [3.8, 4) is 0 Å². The molecule has 1 aliphatic heterocycles. The summed E-state index contributed by atoms with van der Waals surface area (Å²) in [5.74, 6) is -0.209. The zero-order valence-corrected chi connectivity index (χ0v) is 28.8. The summed E-state index contributed by atoms with van der Waals surface area (Å²) >= 11 is 0. The predicted octanol–water partition coefficient (Wildman–Crippen LogP) is 5.77. The zero-order chi connectivity index (χ0) is 33.8. The minimum atomic E-state index is -1.57. The molecule has 7 atom stereocenters. The maximum atomic E-state index is 12.8. The van der Waals surface area contributed by atoms with Gasteiger partial charge in [0.1, 0.15) is 24.4 Å². The topological polar surface area (TPSA) is 149 Å². The van der Waals surface area contributed by atoms with Gasteiger partial charge in [-0.2, -0.15) is 0 Å². The van der Waals surface area contributed by atoms with E-state index in [0.717, 1.165) is 51.4 Å². The monoisotopic (exact) mass is 653 g/mol. The van der Waals surface area contributed by atoms with E-state index in [4.69, 9.17) is 9.47 Å². The van der Waals surface area contributed by atoms with Gasteiger partial charge in [0.05, 0.1) is 25.4 Å². The number of amides is 1. The van der Waals surface area contributed by atoms with E-state index < -0.39 is 49.5 Å². The molecule has 1 aliphatic rings. The third-order valence-corrected chi connectivity index (χ3v) is 8.44. The second-order valence-corrected chi connectivity index (χ2v) is 12.6. The van der Waals surface area contributed by atoms with Crippen LogP contribution in [-0.2, 0) is 14.3 Å². The van der Waals surface area contributed by atoms with E-state index >= 15 is 0 Å². The van der Waals surface area contributed by atoms with Crippen molar-refractivity contribution in [1.29, 1.82) is 0 Å². The highest BCUT2D eigenvalue weighted by molar-refractivity contribution is 5.76. The van der Waals surface area contributed by atoms with Crippen LogP contribution in [0.4, 0.5) is 0 Å². The normalized spacial score (nSPS) is 23.5. The van der Waals surface area contributed by atoms with Crippen LogP contribution in [0.1, 0.15) is 136 Å². The summed E-state index contributed by atoms with van der Waals surface area (Å²) in [4.78, 5) is 12.8. The Morgan fingerprint density at radius 2 is 1.24 bits per heavy atom. The first-order valence-electron chi connectivity index (χ1n) is 18.2. The molecule has 1 fully saturated rings. The lowest BCUT2D eigenvalue weighted by Gasteiger charge is -2.40. The molecule has 7 unspecified atom stereocenters. The van der Waals surface area contributed by atoms with Crippen molar-refractivity contribution < 1.29 is 39.8 Å². The van der Waals surface area contributed by atoms with Crippen molar-refractivity contribution in [1.82, 2.24) is 5.32 Å². The van der Waals surface area contributed by atoms with Gasteiger partial charge in [0.2, 0.25) is 5.91 Å². The van der Waals surface area contributed by atoms with Crippen LogP contribution in [0.2, 0.25) is 0 Å². The van der Waals surface area contributed by atoms with Crippen molar-refractivity contribution in [2.75, 3.05) is 13.2 Å². The Morgan fingerprint density at radius 3 is 1.85 bits per heavy atom. The van der Waals surface area contributed by atoms with E-state index in [9.17, 15) is 30.3 Å². The summed E-state index contributed by atoms with van der Waals surface area (Å²) in [6.07, 6.45) is 24.8. The van der Waals surface area contributed by atoms with E-state index in [1.54, 1.807) is 6.08 Å². The number of carbonyl (C=O) groups is 1. The second-order valence-electron chi connectivity index (χ2n) is 12.6. The number of aliphatic hydroxyl groups is 5. The fourth-order valence-electron chi connectivity index (χ4n) is 5.40. The first kappa shape index (κ1) is 42.4. The van der Waals surface area contributed by atoms with E-state index in [1.807, 2.05) is 6.08 Å².